The predicted molar refractivity (Wildman–Crippen MR) is 42.0 cm³/mol. The Kier molecular flexibility index (Phi) is 2.57. The third-order valence-electron chi connectivity index (χ3n) is 3.95. The number of hydrogen-bond acceptors (Lipinski definition) is 0. The summed E-state index contributed by atoms with van der Waals surface area (Å²) in [5, 5.41) is 0. The van der Waals surface area contributed by atoms with Gasteiger partial charge in [0, 0.05) is 0 Å². The highest BCUT2D eigenvalue weighted by Crippen LogP contribution is 2.69. The quantitative estimate of drug-likeness (QED) is 0.555. The van der Waals surface area contributed by atoms with Gasteiger partial charge in [0.05, 0.1) is 0 Å². The molecule has 0 aliphatic heterocycles. The lowest BCUT2D eigenvalue weighted by molar-refractivity contribution is -0.417. The van der Waals surface area contributed by atoms with Crippen LogP contribution in [0.3, 0.4) is 0 Å². The maximum Gasteiger partial charge on any atom is 0.403 e. The molecule has 0 saturated heterocycles. The molecule has 1 saturated carbocycles. The van der Waals surface area contributed by atoms with Crippen LogP contribution in [0.15, 0.2) is 0 Å². The Bertz CT molecular complexity index is 224. The summed E-state index contributed by atoms with van der Waals surface area (Å²) in [5.41, 5.74) is -3.51. The first-order valence-electron chi connectivity index (χ1n) is 4.61. The van der Waals surface area contributed by atoms with Crippen LogP contribution >= 0.6 is 0 Å². The fraction of sp³-hybridized carbons (Fsp3) is 1.00. The van der Waals surface area contributed by atoms with Crippen molar-refractivity contribution in [1.29, 1.82) is 0 Å². The fourth-order valence-electron chi connectivity index (χ4n) is 2.75. The zero-order valence-corrected chi connectivity index (χ0v) is 8.50. The Morgan fingerprint density at radius 1 is 0.733 bits per heavy atom. The largest absolute Gasteiger partial charge is 0.403 e. The molecule has 0 nitrogen and oxygen atoms in total. The van der Waals surface area contributed by atoms with Crippen molar-refractivity contribution in [2.75, 3.05) is 0 Å². The molecule has 0 radical (unpaired) electrons. The summed E-state index contributed by atoms with van der Waals surface area (Å²) in [6.07, 6.45) is -10.5. The molecule has 1 aliphatic rings. The first-order chi connectivity index (χ1) is 6.48. The zero-order valence-electron chi connectivity index (χ0n) is 8.50. The molecule has 0 amide bonds. The normalized spacial score (nSPS) is 36.2. The van der Waals surface area contributed by atoms with Crippen LogP contribution in [0.25, 0.3) is 0 Å². The molecule has 0 aromatic rings. The lowest BCUT2D eigenvalue weighted by Gasteiger charge is -2.58. The van der Waals surface area contributed by atoms with Gasteiger partial charge in [-0.25, -0.2) is 0 Å². The van der Waals surface area contributed by atoms with E-state index in [1.54, 1.807) is 0 Å². The van der Waals surface area contributed by atoms with Gasteiger partial charge in [0.15, 0.2) is 5.41 Å². The van der Waals surface area contributed by atoms with Crippen LogP contribution in [0, 0.1) is 23.2 Å². The SMILES string of the molecule is CC1C(C)C(C(F)(F)F)(C(F)(F)F)C1C. The second kappa shape index (κ2) is 3.04. The van der Waals surface area contributed by atoms with Crippen LogP contribution in [0.5, 0.6) is 0 Å². The Morgan fingerprint density at radius 3 is 1.13 bits per heavy atom. The van der Waals surface area contributed by atoms with Crippen molar-refractivity contribution < 1.29 is 26.3 Å². The molecule has 1 aliphatic carbocycles. The Hall–Kier alpha value is -0.420. The average Bonchev–Trinajstić information content (AvgIpc) is 1.99. The summed E-state index contributed by atoms with van der Waals surface area (Å²) >= 11 is 0. The number of rotatable bonds is 0. The van der Waals surface area contributed by atoms with Gasteiger partial charge >= 0.3 is 12.4 Å². The van der Waals surface area contributed by atoms with E-state index in [-0.39, 0.29) is 0 Å². The molecule has 2 unspecified atom stereocenters. The minimum Gasteiger partial charge on any atom is -0.170 e. The van der Waals surface area contributed by atoms with Crippen LogP contribution in [0.2, 0.25) is 0 Å². The topological polar surface area (TPSA) is 0 Å². The van der Waals surface area contributed by atoms with E-state index in [9.17, 15) is 26.3 Å². The van der Waals surface area contributed by atoms with Crippen LogP contribution in [0.1, 0.15) is 20.8 Å². The van der Waals surface area contributed by atoms with Gasteiger partial charge in [0.1, 0.15) is 0 Å². The summed E-state index contributed by atoms with van der Waals surface area (Å²) in [4.78, 5) is 0. The number of halogens is 6. The van der Waals surface area contributed by atoms with E-state index >= 15 is 0 Å². The van der Waals surface area contributed by atoms with E-state index in [4.69, 9.17) is 0 Å². The van der Waals surface area contributed by atoms with Crippen molar-refractivity contribution in [1.82, 2.24) is 0 Å². The lowest BCUT2D eigenvalue weighted by atomic mass is 9.47. The van der Waals surface area contributed by atoms with E-state index in [0.717, 1.165) is 13.8 Å². The van der Waals surface area contributed by atoms with Crippen LogP contribution in [-0.4, -0.2) is 12.4 Å². The Balaban J connectivity index is 3.23. The molecule has 6 heteroatoms. The molecule has 0 aromatic carbocycles. The van der Waals surface area contributed by atoms with Gasteiger partial charge in [-0.05, 0) is 17.8 Å². The van der Waals surface area contributed by atoms with E-state index in [1.807, 2.05) is 0 Å². The third kappa shape index (κ3) is 1.29. The average molecular weight is 234 g/mol. The van der Waals surface area contributed by atoms with Gasteiger partial charge in [-0.1, -0.05) is 20.8 Å². The molecule has 90 valence electrons. The van der Waals surface area contributed by atoms with E-state index in [1.165, 1.54) is 6.92 Å². The van der Waals surface area contributed by atoms with Gasteiger partial charge in [0.25, 0.3) is 0 Å². The monoisotopic (exact) mass is 234 g/mol. The van der Waals surface area contributed by atoms with Gasteiger partial charge < -0.3 is 0 Å². The first kappa shape index (κ1) is 12.6. The second-order valence-corrected chi connectivity index (χ2v) is 4.30. The molecule has 1 rings (SSSR count). The molecule has 1 fully saturated rings. The molecule has 0 spiro atoms. The summed E-state index contributed by atoms with van der Waals surface area (Å²) in [5.74, 6) is -3.38. The van der Waals surface area contributed by atoms with Crippen LogP contribution < -0.4 is 0 Å². The Morgan fingerprint density at radius 2 is 1.00 bits per heavy atom. The van der Waals surface area contributed by atoms with Crippen LogP contribution in [0.4, 0.5) is 26.3 Å². The maximum atomic E-state index is 12.6. The van der Waals surface area contributed by atoms with Crippen molar-refractivity contribution in [3.63, 3.8) is 0 Å². The minimum atomic E-state index is -5.23. The van der Waals surface area contributed by atoms with Crippen molar-refractivity contribution in [2.45, 2.75) is 33.1 Å². The van der Waals surface area contributed by atoms with Crippen molar-refractivity contribution in [3.8, 4) is 0 Å². The van der Waals surface area contributed by atoms with Crippen LogP contribution in [-0.2, 0) is 0 Å². The molecule has 15 heavy (non-hydrogen) atoms. The fourth-order valence-corrected chi connectivity index (χ4v) is 2.75. The van der Waals surface area contributed by atoms with Gasteiger partial charge in [-0.2, -0.15) is 26.3 Å². The molecule has 0 aromatic heterocycles. The minimum absolute atomic E-state index is 0.562. The van der Waals surface area contributed by atoms with E-state index < -0.39 is 35.5 Å². The summed E-state index contributed by atoms with van der Waals surface area (Å²) in [7, 11) is 0. The zero-order chi connectivity index (χ0) is 12.2. The maximum absolute atomic E-state index is 12.6. The highest BCUT2D eigenvalue weighted by atomic mass is 19.4. The first-order valence-corrected chi connectivity index (χ1v) is 4.61. The standard InChI is InChI=1S/C9H12F6/c1-4-5(2)7(6(4)3,8(10,11)12)9(13,14)15/h4-6H,1-3H3. The van der Waals surface area contributed by atoms with Crippen molar-refractivity contribution >= 4 is 0 Å². The highest BCUT2D eigenvalue weighted by Gasteiger charge is 2.81. The van der Waals surface area contributed by atoms with E-state index in [0.29, 0.717) is 0 Å². The molecule has 2 atom stereocenters. The summed E-state index contributed by atoms with van der Waals surface area (Å²) in [6, 6.07) is 0. The highest BCUT2D eigenvalue weighted by molar-refractivity contribution is 5.10. The summed E-state index contributed by atoms with van der Waals surface area (Å²) < 4.78 is 75.6. The van der Waals surface area contributed by atoms with Gasteiger partial charge in [-0.3, -0.25) is 0 Å². The number of alkyl halides is 6. The summed E-state index contributed by atoms with van der Waals surface area (Å²) in [6.45, 7) is 3.46. The molecule has 0 N–H and O–H groups in total. The van der Waals surface area contributed by atoms with Crippen molar-refractivity contribution in [3.05, 3.63) is 0 Å². The van der Waals surface area contributed by atoms with Gasteiger partial charge in [0.2, 0.25) is 0 Å². The van der Waals surface area contributed by atoms with Gasteiger partial charge in [-0.15, -0.1) is 0 Å². The Labute approximate surface area is 83.6 Å². The molecular formula is C9H12F6. The predicted octanol–water partition coefficient (Wildman–Crippen LogP) is 4.02. The molecular weight excluding hydrogens is 222 g/mol. The molecule has 0 heterocycles. The molecule has 0 bridgehead atoms. The van der Waals surface area contributed by atoms with E-state index in [2.05, 4.69) is 0 Å². The number of hydrogen-bond donors (Lipinski definition) is 0. The smallest absolute Gasteiger partial charge is 0.170 e. The second-order valence-electron chi connectivity index (χ2n) is 4.30. The lowest BCUT2D eigenvalue weighted by Crippen LogP contribution is -2.68. The van der Waals surface area contributed by atoms with Crippen molar-refractivity contribution in [2.24, 2.45) is 23.2 Å². The third-order valence-corrected chi connectivity index (χ3v) is 3.95.